The Bertz CT molecular complexity index is 1020. The molecule has 1 atom stereocenters. The number of hydrogen-bond acceptors (Lipinski definition) is 1. The first-order valence-corrected chi connectivity index (χ1v) is 10.5. The summed E-state index contributed by atoms with van der Waals surface area (Å²) in [5.74, 6) is 0.358. The summed E-state index contributed by atoms with van der Waals surface area (Å²) < 4.78 is 2.09. The fourth-order valence-corrected chi connectivity index (χ4v) is 4.80. The lowest BCUT2D eigenvalue weighted by molar-refractivity contribution is -0.115. The summed E-state index contributed by atoms with van der Waals surface area (Å²) in [5.41, 5.74) is 5.77. The molecule has 0 spiro atoms. The minimum Gasteiger partial charge on any atom is -0.295 e. The maximum absolute atomic E-state index is 12.5. The van der Waals surface area contributed by atoms with Crippen LogP contribution in [0.1, 0.15) is 29.9 Å². The van der Waals surface area contributed by atoms with Crippen molar-refractivity contribution in [1.29, 1.82) is 0 Å². The van der Waals surface area contributed by atoms with Gasteiger partial charge >= 0.3 is 0 Å². The van der Waals surface area contributed by atoms with E-state index in [1.54, 1.807) is 0 Å². The Morgan fingerprint density at radius 1 is 0.741 bits per heavy atom. The highest BCUT2D eigenvalue weighted by molar-refractivity contribution is 9.10. The van der Waals surface area contributed by atoms with Gasteiger partial charge in [0.25, 0.3) is 0 Å². The van der Waals surface area contributed by atoms with Crippen molar-refractivity contribution in [3.05, 3.63) is 98.9 Å². The molecule has 0 radical (unpaired) electrons. The number of halogens is 2. The highest BCUT2D eigenvalue weighted by Gasteiger charge is 2.25. The molecular weight excluding hydrogens is 464 g/mol. The number of allylic oxidation sites excluding steroid dienone is 2. The summed E-state index contributed by atoms with van der Waals surface area (Å²) >= 11 is 7.33. The van der Waals surface area contributed by atoms with Gasteiger partial charge < -0.3 is 0 Å². The van der Waals surface area contributed by atoms with Gasteiger partial charge in [-0.25, -0.2) is 0 Å². The van der Waals surface area contributed by atoms with E-state index in [-0.39, 0.29) is 11.7 Å². The molecule has 3 heteroatoms. The molecule has 3 aromatic carbocycles. The Morgan fingerprint density at radius 2 is 1.48 bits per heavy atom. The van der Waals surface area contributed by atoms with Crippen LogP contribution in [0.25, 0.3) is 16.7 Å². The Hall–Kier alpha value is -1.97. The van der Waals surface area contributed by atoms with Gasteiger partial charge in [0, 0.05) is 15.4 Å². The minimum absolute atomic E-state index is 0.169. The molecule has 1 aliphatic rings. The fraction of sp³-hybridized carbons (Fsp3) is 0.125. The van der Waals surface area contributed by atoms with Crippen LogP contribution in [0.3, 0.4) is 0 Å². The average molecular weight is 482 g/mol. The SMILES string of the molecule is O=C1C=C(c2ccccc2Br)CC(c2cc(-c3ccccc3)ccc2Br)C1. The lowest BCUT2D eigenvalue weighted by atomic mass is 9.80. The first-order valence-electron chi connectivity index (χ1n) is 8.95. The van der Waals surface area contributed by atoms with Crippen molar-refractivity contribution in [2.24, 2.45) is 0 Å². The molecule has 0 heterocycles. The monoisotopic (exact) mass is 480 g/mol. The van der Waals surface area contributed by atoms with Crippen LogP contribution in [-0.2, 0) is 4.79 Å². The molecule has 0 amide bonds. The van der Waals surface area contributed by atoms with Gasteiger partial charge in [0.2, 0.25) is 0 Å². The van der Waals surface area contributed by atoms with E-state index in [1.165, 1.54) is 16.7 Å². The lowest BCUT2D eigenvalue weighted by Gasteiger charge is -2.25. The lowest BCUT2D eigenvalue weighted by Crippen LogP contribution is -2.13. The standard InChI is InChI=1S/C24H18Br2O/c25-23-9-5-4-8-21(23)18-12-19(14-20(27)13-18)22-15-17(10-11-24(22)26)16-6-2-1-3-7-16/h1-11,13,15,19H,12,14H2. The van der Waals surface area contributed by atoms with Crippen molar-refractivity contribution in [3.63, 3.8) is 0 Å². The molecule has 1 nitrogen and oxygen atoms in total. The fourth-order valence-electron chi connectivity index (χ4n) is 3.69. The van der Waals surface area contributed by atoms with Crippen molar-refractivity contribution >= 4 is 43.2 Å². The smallest absolute Gasteiger partial charge is 0.156 e. The van der Waals surface area contributed by atoms with Crippen molar-refractivity contribution in [1.82, 2.24) is 0 Å². The maximum atomic E-state index is 12.5. The Morgan fingerprint density at radius 3 is 2.26 bits per heavy atom. The van der Waals surface area contributed by atoms with Crippen LogP contribution in [0.5, 0.6) is 0 Å². The maximum Gasteiger partial charge on any atom is 0.156 e. The molecule has 0 aromatic heterocycles. The third-order valence-electron chi connectivity index (χ3n) is 5.01. The molecule has 1 unspecified atom stereocenters. The molecule has 0 fully saturated rings. The van der Waals surface area contributed by atoms with Crippen molar-refractivity contribution in [2.45, 2.75) is 18.8 Å². The van der Waals surface area contributed by atoms with Crippen LogP contribution in [0.2, 0.25) is 0 Å². The summed E-state index contributed by atoms with van der Waals surface area (Å²) in [4.78, 5) is 12.5. The first kappa shape index (κ1) is 18.4. The van der Waals surface area contributed by atoms with Crippen LogP contribution in [0, 0.1) is 0 Å². The highest BCUT2D eigenvalue weighted by Crippen LogP contribution is 2.41. The highest BCUT2D eigenvalue weighted by atomic mass is 79.9. The van der Waals surface area contributed by atoms with Crippen LogP contribution < -0.4 is 0 Å². The third kappa shape index (κ3) is 3.99. The molecular formula is C24H18Br2O. The zero-order valence-electron chi connectivity index (χ0n) is 14.7. The Balaban J connectivity index is 1.71. The van der Waals surface area contributed by atoms with E-state index >= 15 is 0 Å². The van der Waals surface area contributed by atoms with Crippen molar-refractivity contribution < 1.29 is 4.79 Å². The van der Waals surface area contributed by atoms with Crippen molar-refractivity contribution in [3.8, 4) is 11.1 Å². The summed E-state index contributed by atoms with van der Waals surface area (Å²) in [6, 6.07) is 24.9. The molecule has 0 saturated carbocycles. The van der Waals surface area contributed by atoms with Crippen LogP contribution in [-0.4, -0.2) is 5.78 Å². The van der Waals surface area contributed by atoms with E-state index in [0.29, 0.717) is 6.42 Å². The zero-order chi connectivity index (χ0) is 18.8. The zero-order valence-corrected chi connectivity index (χ0v) is 17.8. The van der Waals surface area contributed by atoms with Gasteiger partial charge in [0.1, 0.15) is 0 Å². The predicted molar refractivity (Wildman–Crippen MR) is 119 cm³/mol. The largest absolute Gasteiger partial charge is 0.295 e. The van der Waals surface area contributed by atoms with Crippen LogP contribution in [0.15, 0.2) is 87.8 Å². The number of ketones is 1. The van der Waals surface area contributed by atoms with Crippen molar-refractivity contribution in [2.75, 3.05) is 0 Å². The molecule has 0 bridgehead atoms. The second-order valence-corrected chi connectivity index (χ2v) is 8.53. The van der Waals surface area contributed by atoms with Gasteiger partial charge in [-0.2, -0.15) is 0 Å². The van der Waals surface area contributed by atoms with Gasteiger partial charge in [-0.05, 0) is 64.4 Å². The van der Waals surface area contributed by atoms with Gasteiger partial charge in [0.15, 0.2) is 5.78 Å². The minimum atomic E-state index is 0.169. The quantitative estimate of drug-likeness (QED) is 0.380. The van der Waals surface area contributed by atoms with Gasteiger partial charge in [-0.1, -0.05) is 86.5 Å². The van der Waals surface area contributed by atoms with Crippen LogP contribution in [0.4, 0.5) is 0 Å². The van der Waals surface area contributed by atoms with E-state index in [2.05, 4.69) is 80.4 Å². The number of carbonyl (C=O) groups is 1. The first-order chi connectivity index (χ1) is 13.1. The van der Waals surface area contributed by atoms with Gasteiger partial charge in [-0.15, -0.1) is 0 Å². The topological polar surface area (TPSA) is 17.1 Å². The predicted octanol–water partition coefficient (Wildman–Crippen LogP) is 7.41. The molecule has 0 aliphatic heterocycles. The summed E-state index contributed by atoms with van der Waals surface area (Å²) in [6.07, 6.45) is 3.21. The molecule has 4 rings (SSSR count). The second-order valence-electron chi connectivity index (χ2n) is 6.82. The summed E-state index contributed by atoms with van der Waals surface area (Å²) in [5, 5.41) is 0. The Kier molecular flexibility index (Phi) is 5.42. The molecule has 1 aliphatic carbocycles. The molecule has 3 aromatic rings. The van der Waals surface area contributed by atoms with Crippen LogP contribution >= 0.6 is 31.9 Å². The molecule has 0 saturated heterocycles. The molecule has 27 heavy (non-hydrogen) atoms. The number of hydrogen-bond donors (Lipinski definition) is 0. The number of carbonyl (C=O) groups excluding carboxylic acids is 1. The molecule has 0 N–H and O–H groups in total. The van der Waals surface area contributed by atoms with E-state index in [4.69, 9.17) is 0 Å². The van der Waals surface area contributed by atoms with Gasteiger partial charge in [0.05, 0.1) is 0 Å². The van der Waals surface area contributed by atoms with E-state index < -0.39 is 0 Å². The van der Waals surface area contributed by atoms with E-state index in [0.717, 1.165) is 26.5 Å². The number of benzene rings is 3. The summed E-state index contributed by atoms with van der Waals surface area (Å²) in [6.45, 7) is 0. The third-order valence-corrected chi connectivity index (χ3v) is 6.43. The van der Waals surface area contributed by atoms with E-state index in [1.807, 2.05) is 30.3 Å². The number of rotatable bonds is 3. The second kappa shape index (κ2) is 7.95. The van der Waals surface area contributed by atoms with E-state index in [9.17, 15) is 4.79 Å². The Labute approximate surface area is 176 Å². The summed E-state index contributed by atoms with van der Waals surface area (Å²) in [7, 11) is 0. The average Bonchev–Trinajstić information content (AvgIpc) is 2.69. The molecule has 134 valence electrons. The van der Waals surface area contributed by atoms with Gasteiger partial charge in [-0.3, -0.25) is 4.79 Å². The normalized spacial score (nSPS) is 16.9.